The quantitative estimate of drug-likeness (QED) is 0.859. The molecule has 104 valence electrons. The lowest BCUT2D eigenvalue weighted by Gasteiger charge is -2.33. The Morgan fingerprint density at radius 3 is 2.74 bits per heavy atom. The Morgan fingerprint density at radius 2 is 2.11 bits per heavy atom. The Bertz CT molecular complexity index is 439. The molecule has 1 aliphatic carbocycles. The van der Waals surface area contributed by atoms with E-state index in [-0.39, 0.29) is 0 Å². The van der Waals surface area contributed by atoms with Gasteiger partial charge in [-0.05, 0) is 56.3 Å². The zero-order valence-electron chi connectivity index (χ0n) is 11.8. The Kier molecular flexibility index (Phi) is 4.88. The van der Waals surface area contributed by atoms with E-state index in [1.165, 1.54) is 31.2 Å². The van der Waals surface area contributed by atoms with Crippen molar-refractivity contribution in [3.8, 4) is 0 Å². The lowest BCUT2D eigenvalue weighted by molar-refractivity contribution is 0.164. The summed E-state index contributed by atoms with van der Waals surface area (Å²) < 4.78 is 0. The van der Waals surface area contributed by atoms with E-state index in [9.17, 15) is 0 Å². The lowest BCUT2D eigenvalue weighted by Crippen LogP contribution is -2.34. The molecule has 0 spiro atoms. The highest BCUT2D eigenvalue weighted by Crippen LogP contribution is 2.27. The van der Waals surface area contributed by atoms with Crippen molar-refractivity contribution in [1.29, 1.82) is 0 Å². The first-order chi connectivity index (χ1) is 9.06. The smallest absolute Gasteiger partial charge is 0.122 e. The van der Waals surface area contributed by atoms with Crippen LogP contribution >= 0.6 is 12.2 Å². The highest BCUT2D eigenvalue weighted by molar-refractivity contribution is 7.80. The molecule has 1 saturated carbocycles. The molecule has 1 fully saturated rings. The molecule has 0 aromatic carbocycles. The molecule has 4 heteroatoms. The SMILES string of the molecule is CC1CCC(N(C)Cc2ccnc(C(N)=S)c2)CC1. The summed E-state index contributed by atoms with van der Waals surface area (Å²) in [5.41, 5.74) is 7.58. The fourth-order valence-electron chi connectivity index (χ4n) is 2.81. The number of aromatic nitrogens is 1. The maximum absolute atomic E-state index is 5.63. The number of nitrogens with zero attached hydrogens (tertiary/aromatic N) is 2. The van der Waals surface area contributed by atoms with E-state index in [0.717, 1.165) is 18.2 Å². The van der Waals surface area contributed by atoms with Crippen LogP contribution in [0.4, 0.5) is 0 Å². The van der Waals surface area contributed by atoms with E-state index in [0.29, 0.717) is 11.0 Å². The zero-order valence-corrected chi connectivity index (χ0v) is 12.6. The van der Waals surface area contributed by atoms with Gasteiger partial charge in [-0.25, -0.2) is 0 Å². The molecule has 0 atom stereocenters. The third kappa shape index (κ3) is 3.98. The lowest BCUT2D eigenvalue weighted by atomic mass is 9.86. The number of thiocarbonyl (C=S) groups is 1. The summed E-state index contributed by atoms with van der Waals surface area (Å²) in [6, 6.07) is 4.76. The summed E-state index contributed by atoms with van der Waals surface area (Å²) in [7, 11) is 2.21. The number of rotatable bonds is 4. The minimum absolute atomic E-state index is 0.371. The molecule has 0 unspecified atom stereocenters. The average molecular weight is 277 g/mol. The fourth-order valence-corrected chi connectivity index (χ4v) is 2.92. The van der Waals surface area contributed by atoms with Gasteiger partial charge >= 0.3 is 0 Å². The summed E-state index contributed by atoms with van der Waals surface area (Å²) in [6.45, 7) is 3.30. The highest BCUT2D eigenvalue weighted by atomic mass is 32.1. The van der Waals surface area contributed by atoms with Crippen LogP contribution in [0.5, 0.6) is 0 Å². The predicted molar refractivity (Wildman–Crippen MR) is 83.0 cm³/mol. The molecular weight excluding hydrogens is 254 g/mol. The van der Waals surface area contributed by atoms with Gasteiger partial charge in [-0.3, -0.25) is 9.88 Å². The molecule has 19 heavy (non-hydrogen) atoms. The van der Waals surface area contributed by atoms with Gasteiger partial charge in [0.25, 0.3) is 0 Å². The second-order valence-corrected chi connectivity index (χ2v) is 6.18. The summed E-state index contributed by atoms with van der Waals surface area (Å²) in [5.74, 6) is 0.895. The average Bonchev–Trinajstić information content (AvgIpc) is 2.39. The van der Waals surface area contributed by atoms with Crippen molar-refractivity contribution in [3.05, 3.63) is 29.6 Å². The molecule has 1 heterocycles. The van der Waals surface area contributed by atoms with E-state index < -0.39 is 0 Å². The van der Waals surface area contributed by atoms with Gasteiger partial charge in [0.1, 0.15) is 4.99 Å². The van der Waals surface area contributed by atoms with Crippen molar-refractivity contribution in [2.24, 2.45) is 11.7 Å². The van der Waals surface area contributed by atoms with E-state index >= 15 is 0 Å². The van der Waals surface area contributed by atoms with Crippen LogP contribution in [0.1, 0.15) is 43.9 Å². The summed E-state index contributed by atoms with van der Waals surface area (Å²) >= 11 is 4.98. The Balaban J connectivity index is 1.96. The van der Waals surface area contributed by atoms with Crippen LogP contribution in [0.3, 0.4) is 0 Å². The Morgan fingerprint density at radius 1 is 1.42 bits per heavy atom. The van der Waals surface area contributed by atoms with Gasteiger partial charge < -0.3 is 5.73 Å². The number of hydrogen-bond donors (Lipinski definition) is 1. The standard InChI is InChI=1S/C15H23N3S/c1-11-3-5-13(6-4-11)18(2)10-12-7-8-17-14(9-12)15(16)19/h7-9,11,13H,3-6,10H2,1-2H3,(H2,16,19). The molecule has 0 saturated heterocycles. The van der Waals surface area contributed by atoms with Gasteiger partial charge in [-0.2, -0.15) is 0 Å². The van der Waals surface area contributed by atoms with Crippen LogP contribution in [0, 0.1) is 5.92 Å². The maximum atomic E-state index is 5.63. The van der Waals surface area contributed by atoms with Gasteiger partial charge in [0, 0.05) is 18.8 Å². The molecule has 1 aliphatic rings. The molecule has 2 N–H and O–H groups in total. The van der Waals surface area contributed by atoms with E-state index in [1.54, 1.807) is 6.20 Å². The first-order valence-corrected chi connectivity index (χ1v) is 7.42. The summed E-state index contributed by atoms with van der Waals surface area (Å²) in [5, 5.41) is 0. The van der Waals surface area contributed by atoms with Gasteiger partial charge in [-0.15, -0.1) is 0 Å². The molecule has 1 aromatic heterocycles. The normalized spacial score (nSPS) is 23.5. The van der Waals surface area contributed by atoms with Crippen LogP contribution in [0.2, 0.25) is 0 Å². The predicted octanol–water partition coefficient (Wildman–Crippen LogP) is 2.73. The number of hydrogen-bond acceptors (Lipinski definition) is 3. The van der Waals surface area contributed by atoms with Gasteiger partial charge in [0.05, 0.1) is 5.69 Å². The van der Waals surface area contributed by atoms with E-state index in [2.05, 4.69) is 23.9 Å². The summed E-state index contributed by atoms with van der Waals surface area (Å²) in [4.78, 5) is 7.00. The van der Waals surface area contributed by atoms with Crippen molar-refractivity contribution in [1.82, 2.24) is 9.88 Å². The molecule has 2 rings (SSSR count). The zero-order chi connectivity index (χ0) is 13.8. The van der Waals surface area contributed by atoms with Crippen LogP contribution in [-0.2, 0) is 6.54 Å². The van der Waals surface area contributed by atoms with Crippen LogP contribution in [-0.4, -0.2) is 28.0 Å². The minimum Gasteiger partial charge on any atom is -0.388 e. The first kappa shape index (κ1) is 14.4. The largest absolute Gasteiger partial charge is 0.388 e. The molecular formula is C15H23N3S. The van der Waals surface area contributed by atoms with Crippen molar-refractivity contribution in [2.75, 3.05) is 7.05 Å². The topological polar surface area (TPSA) is 42.2 Å². The van der Waals surface area contributed by atoms with E-state index in [1.807, 2.05) is 12.1 Å². The Hall–Kier alpha value is -1.00. The molecule has 0 aliphatic heterocycles. The van der Waals surface area contributed by atoms with Gasteiger partial charge in [0.2, 0.25) is 0 Å². The van der Waals surface area contributed by atoms with Crippen molar-refractivity contribution < 1.29 is 0 Å². The highest BCUT2D eigenvalue weighted by Gasteiger charge is 2.21. The molecule has 1 aromatic rings. The monoisotopic (exact) mass is 277 g/mol. The third-order valence-electron chi connectivity index (χ3n) is 4.12. The third-order valence-corrected chi connectivity index (χ3v) is 4.33. The van der Waals surface area contributed by atoms with Crippen molar-refractivity contribution in [2.45, 2.75) is 45.2 Å². The molecule has 3 nitrogen and oxygen atoms in total. The maximum Gasteiger partial charge on any atom is 0.122 e. The van der Waals surface area contributed by atoms with E-state index in [4.69, 9.17) is 18.0 Å². The van der Waals surface area contributed by atoms with Crippen LogP contribution in [0.25, 0.3) is 0 Å². The number of nitrogens with two attached hydrogens (primary N) is 1. The van der Waals surface area contributed by atoms with Gasteiger partial charge in [0.15, 0.2) is 0 Å². The van der Waals surface area contributed by atoms with Crippen molar-refractivity contribution in [3.63, 3.8) is 0 Å². The Labute approximate surface area is 121 Å². The number of pyridine rings is 1. The second kappa shape index (κ2) is 6.44. The first-order valence-electron chi connectivity index (χ1n) is 7.01. The molecule has 0 amide bonds. The second-order valence-electron chi connectivity index (χ2n) is 5.74. The minimum atomic E-state index is 0.371. The molecule has 0 radical (unpaired) electrons. The van der Waals surface area contributed by atoms with Crippen LogP contribution in [0.15, 0.2) is 18.3 Å². The van der Waals surface area contributed by atoms with Crippen LogP contribution < -0.4 is 5.73 Å². The van der Waals surface area contributed by atoms with Gasteiger partial charge in [-0.1, -0.05) is 19.1 Å². The molecule has 0 bridgehead atoms. The fraction of sp³-hybridized carbons (Fsp3) is 0.600. The van der Waals surface area contributed by atoms with Crippen molar-refractivity contribution >= 4 is 17.2 Å². The summed E-state index contributed by atoms with van der Waals surface area (Å²) in [6.07, 6.45) is 7.11.